The van der Waals surface area contributed by atoms with Crippen LogP contribution in [0.3, 0.4) is 0 Å². The van der Waals surface area contributed by atoms with E-state index in [2.05, 4.69) is 43.5 Å². The lowest BCUT2D eigenvalue weighted by Crippen LogP contribution is -2.34. The van der Waals surface area contributed by atoms with Gasteiger partial charge in [0, 0.05) is 74.5 Å². The molecule has 0 bridgehead atoms. The number of aliphatic hydroxyl groups is 1. The molecular weight excluding hydrogens is 671 g/mol. The van der Waals surface area contributed by atoms with Crippen LogP contribution in [0.4, 0.5) is 11.4 Å². The summed E-state index contributed by atoms with van der Waals surface area (Å²) < 4.78 is 39.9. The molecule has 0 fully saturated rings. The highest BCUT2D eigenvalue weighted by Gasteiger charge is 2.31. The van der Waals surface area contributed by atoms with Crippen molar-refractivity contribution in [3.63, 3.8) is 0 Å². The molecule has 12 nitrogen and oxygen atoms in total. The first kappa shape index (κ1) is 37.9. The van der Waals surface area contributed by atoms with Gasteiger partial charge in [-0.05, 0) is 57.9 Å². The van der Waals surface area contributed by atoms with Crippen molar-refractivity contribution in [2.75, 3.05) is 52.5 Å². The molecule has 1 aliphatic carbocycles. The van der Waals surface area contributed by atoms with E-state index in [1.807, 2.05) is 29.2 Å². The summed E-state index contributed by atoms with van der Waals surface area (Å²) in [7, 11) is 3.01. The number of ketones is 1. The molecule has 3 aromatic rings. The van der Waals surface area contributed by atoms with Crippen molar-refractivity contribution in [1.82, 2.24) is 4.67 Å². The molecule has 51 heavy (non-hydrogen) atoms. The molecular formula is C38H49N4O8P. The zero-order valence-corrected chi connectivity index (χ0v) is 31.3. The Labute approximate surface area is 305 Å². The second kappa shape index (κ2) is 19.9. The fraction of sp³-hybridized carbons (Fsp3) is 0.421. The topological polar surface area (TPSA) is 148 Å². The van der Waals surface area contributed by atoms with Crippen LogP contribution in [-0.4, -0.2) is 81.6 Å². The van der Waals surface area contributed by atoms with E-state index in [-0.39, 0.29) is 49.9 Å². The van der Waals surface area contributed by atoms with E-state index in [0.717, 1.165) is 11.3 Å². The van der Waals surface area contributed by atoms with Gasteiger partial charge in [0.1, 0.15) is 11.5 Å². The number of fused-ring (bicyclic) bond motifs is 2. The van der Waals surface area contributed by atoms with E-state index in [4.69, 9.17) is 26.6 Å². The van der Waals surface area contributed by atoms with E-state index < -0.39 is 13.4 Å². The second-order valence-corrected chi connectivity index (χ2v) is 13.4. The number of rotatable bonds is 17. The highest BCUT2D eigenvalue weighted by Crippen LogP contribution is 2.46. The Kier molecular flexibility index (Phi) is 14.8. The normalized spacial score (nSPS) is 13.2. The molecule has 0 radical (unpaired) electrons. The molecule has 0 aliphatic heterocycles. The molecule has 0 heterocycles. The number of carbonyl (C=O) groups is 1. The van der Waals surface area contributed by atoms with Gasteiger partial charge in [0.25, 0.3) is 14.2 Å². The number of nitro benzene ring substituents is 1. The van der Waals surface area contributed by atoms with Crippen LogP contribution in [0.25, 0.3) is 12.2 Å². The average molecular weight is 724 g/mol. The van der Waals surface area contributed by atoms with Crippen LogP contribution < -0.4 is 14.4 Å². The molecule has 1 aliphatic rings. The number of benzene rings is 3. The molecule has 0 aromatic heterocycles. The third-order valence-corrected chi connectivity index (χ3v) is 10.3. The first-order chi connectivity index (χ1) is 25.5. The highest BCUT2D eigenvalue weighted by molar-refractivity contribution is 7.44. The van der Waals surface area contributed by atoms with Crippen molar-refractivity contribution >= 4 is 37.8 Å². The van der Waals surface area contributed by atoms with Crippen molar-refractivity contribution in [1.29, 1.82) is 6.69 Å². The maximum atomic E-state index is 13.7. The molecule has 1 N–H and O–H groups in total. The second-order valence-electron chi connectivity index (χ2n) is 11.9. The van der Waals surface area contributed by atoms with Crippen LogP contribution in [0.15, 0.2) is 48.5 Å². The summed E-state index contributed by atoms with van der Waals surface area (Å²) >= 11 is 0. The SMILES string of the molecule is [2H]CCN(CCOP(OCCC#N)N(C(C)C)C(C)C)c1cc(OC)c(/C=C/c2ccc([N+](=O)[O-])c3c2C(=O)c2ccccc2C3)cc1OC.[3H]OC. The predicted molar refractivity (Wildman–Crippen MR) is 201 cm³/mol. The van der Waals surface area contributed by atoms with Gasteiger partial charge >= 0.3 is 0 Å². The van der Waals surface area contributed by atoms with E-state index in [0.29, 0.717) is 59.0 Å². The van der Waals surface area contributed by atoms with Gasteiger partial charge in [-0.1, -0.05) is 36.4 Å². The number of hydrogen-bond acceptors (Lipinski definition) is 11. The van der Waals surface area contributed by atoms with Crippen LogP contribution >= 0.6 is 8.53 Å². The number of aliphatic hydroxyl groups excluding tert-OH is 1. The molecule has 0 saturated carbocycles. The fourth-order valence-corrected chi connectivity index (χ4v) is 7.57. The van der Waals surface area contributed by atoms with E-state index >= 15 is 0 Å². The van der Waals surface area contributed by atoms with Crippen molar-refractivity contribution in [2.24, 2.45) is 0 Å². The van der Waals surface area contributed by atoms with Crippen molar-refractivity contribution in [3.8, 4) is 17.6 Å². The smallest absolute Gasteiger partial charge is 0.273 e. The molecule has 0 spiro atoms. The van der Waals surface area contributed by atoms with Gasteiger partial charge < -0.3 is 28.5 Å². The number of hydrogen-bond donors (Lipinski definition) is 1. The number of anilines is 1. The number of ether oxygens (including phenoxy) is 2. The zero-order chi connectivity index (χ0) is 39.1. The first-order valence-electron chi connectivity index (χ1n) is 17.7. The largest absolute Gasteiger partial charge is 0.496 e. The number of methoxy groups -OCH3 is 2. The van der Waals surface area contributed by atoms with Crippen LogP contribution in [-0.2, 0) is 15.5 Å². The van der Waals surface area contributed by atoms with Gasteiger partial charge in [-0.15, -0.1) is 0 Å². The van der Waals surface area contributed by atoms with E-state index in [1.165, 1.54) is 13.2 Å². The Morgan fingerprint density at radius 1 is 1.08 bits per heavy atom. The molecule has 1 atom stereocenters. The quantitative estimate of drug-likeness (QED) is 0.0377. The lowest BCUT2D eigenvalue weighted by Gasteiger charge is -2.36. The lowest BCUT2D eigenvalue weighted by atomic mass is 9.81. The molecule has 1 unspecified atom stereocenters. The number of nitrogens with zero attached hydrogens (tertiary/aromatic N) is 4. The Hall–Kier alpha value is -4.37. The Balaban J connectivity index is 0.00000243. The maximum Gasteiger partial charge on any atom is 0.273 e. The Morgan fingerprint density at radius 3 is 2.37 bits per heavy atom. The van der Waals surface area contributed by atoms with Gasteiger partial charge in [0.15, 0.2) is 5.78 Å². The minimum absolute atomic E-state index is 0.0792. The van der Waals surface area contributed by atoms with Gasteiger partial charge in [-0.2, -0.15) is 5.26 Å². The Bertz CT molecular complexity index is 1760. The summed E-state index contributed by atoms with van der Waals surface area (Å²) in [5.74, 6) is 0.837. The summed E-state index contributed by atoms with van der Waals surface area (Å²) in [5.41, 5.74) is 3.90. The summed E-state index contributed by atoms with van der Waals surface area (Å²) in [5, 5.41) is 24.4. The third-order valence-electron chi connectivity index (χ3n) is 8.18. The molecule has 3 aromatic carbocycles. The summed E-state index contributed by atoms with van der Waals surface area (Å²) in [4.78, 5) is 27.1. The van der Waals surface area contributed by atoms with Gasteiger partial charge in [0.2, 0.25) is 1.43 Å². The zero-order valence-electron chi connectivity index (χ0n) is 32.4. The third kappa shape index (κ3) is 9.91. The molecule has 0 saturated heterocycles. The number of likely N-dealkylation sites (N-methyl/N-ethyl adjacent to an activating group) is 1. The van der Waals surface area contributed by atoms with Gasteiger partial charge in [-0.25, -0.2) is 4.67 Å². The van der Waals surface area contributed by atoms with Gasteiger partial charge in [-0.3, -0.25) is 14.9 Å². The number of nitro groups is 1. The summed E-state index contributed by atoms with van der Waals surface area (Å²) in [6.07, 6.45) is 4.13. The lowest BCUT2D eigenvalue weighted by molar-refractivity contribution is -0.385. The van der Waals surface area contributed by atoms with Gasteiger partial charge in [0.05, 0.1) is 50.5 Å². The Morgan fingerprint density at radius 2 is 1.75 bits per heavy atom. The standard InChI is InChI=1S/C37H45N4O7P.CH4O/c1-8-39(19-21-48-49(47-20-11-18-38)40(25(2)3)26(4)5)33-24-34(45-6)29(23-35(33)46-7)15-14-27-16-17-32(41(43)44)31-22-28-12-9-10-13-30(28)37(42)36(27)31;1-2/h9-10,12-17,23-26H,8,11,19-22H2,1-7H3;2H,1H3/b15-14+;/i1D;2T. The maximum absolute atomic E-state index is 13.7. The fourth-order valence-electron chi connectivity index (χ4n) is 5.99. The van der Waals surface area contributed by atoms with E-state index in [1.54, 1.807) is 44.6 Å². The van der Waals surface area contributed by atoms with Crippen molar-refractivity contribution in [3.05, 3.63) is 92.0 Å². The van der Waals surface area contributed by atoms with Crippen LogP contribution in [0.2, 0.25) is 0 Å². The van der Waals surface area contributed by atoms with Crippen LogP contribution in [0.5, 0.6) is 11.5 Å². The molecule has 274 valence electrons. The molecule has 0 amide bonds. The van der Waals surface area contributed by atoms with E-state index in [9.17, 15) is 14.9 Å². The van der Waals surface area contributed by atoms with Crippen LogP contribution in [0.1, 0.15) is 80.6 Å². The molecule has 4 rings (SSSR count). The van der Waals surface area contributed by atoms with Crippen molar-refractivity contribution in [2.45, 2.75) is 59.5 Å². The van der Waals surface area contributed by atoms with Crippen molar-refractivity contribution < 1.29 is 34.7 Å². The summed E-state index contributed by atoms with van der Waals surface area (Å²) in [6.45, 7) is 9.89. The highest BCUT2D eigenvalue weighted by atomic mass is 31.2. The predicted octanol–water partition coefficient (Wildman–Crippen LogP) is 7.64. The summed E-state index contributed by atoms with van der Waals surface area (Å²) in [6, 6.07) is 16.4. The number of nitriles is 1. The minimum atomic E-state index is -1.42. The van der Waals surface area contributed by atoms with Crippen LogP contribution in [0, 0.1) is 21.4 Å². The first-order valence-corrected chi connectivity index (χ1v) is 17.7. The minimum Gasteiger partial charge on any atom is -0.496 e. The average Bonchev–Trinajstić information content (AvgIpc) is 3.13. The monoisotopic (exact) mass is 723 g/mol. The molecule has 13 heteroatoms. The number of carbonyl (C=O) groups excluding carboxylic acids is 1.